The zero-order valence-corrected chi connectivity index (χ0v) is 9.08. The van der Waals surface area contributed by atoms with Crippen molar-refractivity contribution in [2.45, 2.75) is 44.2 Å². The maximum atomic E-state index is 11.6. The van der Waals surface area contributed by atoms with Gasteiger partial charge in [-0.1, -0.05) is 0 Å². The molecule has 0 bridgehead atoms. The summed E-state index contributed by atoms with van der Waals surface area (Å²) in [6, 6.07) is 0. The number of rotatable bonds is 2. The Hall–Kier alpha value is -1.10. The molecule has 1 aliphatic rings. The lowest BCUT2D eigenvalue weighted by Crippen LogP contribution is -2.56. The Morgan fingerprint density at radius 1 is 1.40 bits per heavy atom. The van der Waals surface area contributed by atoms with Gasteiger partial charge in [0.05, 0.1) is 13.2 Å². The maximum Gasteiger partial charge on any atom is 0.331 e. The fourth-order valence-electron chi connectivity index (χ4n) is 2.01. The summed E-state index contributed by atoms with van der Waals surface area (Å²) in [5.41, 5.74) is -0.931. The van der Waals surface area contributed by atoms with Gasteiger partial charge in [0.1, 0.15) is 5.54 Å². The van der Waals surface area contributed by atoms with Gasteiger partial charge in [0.15, 0.2) is 0 Å². The molecule has 1 amide bonds. The molecule has 5 heteroatoms. The summed E-state index contributed by atoms with van der Waals surface area (Å²) in [6.07, 6.45) is 1.50. The Labute approximate surface area is 88.8 Å². The highest BCUT2D eigenvalue weighted by molar-refractivity contribution is 5.87. The van der Waals surface area contributed by atoms with E-state index in [0.29, 0.717) is 25.7 Å². The number of aliphatic hydroxyl groups is 1. The number of amides is 1. The Morgan fingerprint density at radius 2 is 1.93 bits per heavy atom. The third-order valence-corrected chi connectivity index (χ3v) is 2.80. The molecule has 0 atom stereocenters. The van der Waals surface area contributed by atoms with Crippen molar-refractivity contribution in [3.63, 3.8) is 0 Å². The van der Waals surface area contributed by atoms with Gasteiger partial charge in [0, 0.05) is 6.92 Å². The summed E-state index contributed by atoms with van der Waals surface area (Å²) in [6.45, 7) is 1.37. The third kappa shape index (κ3) is 2.68. The molecule has 0 heterocycles. The molecule has 86 valence electrons. The van der Waals surface area contributed by atoms with Gasteiger partial charge in [-0.05, 0) is 25.7 Å². The molecule has 15 heavy (non-hydrogen) atoms. The van der Waals surface area contributed by atoms with E-state index in [2.05, 4.69) is 5.32 Å². The second kappa shape index (κ2) is 4.61. The van der Waals surface area contributed by atoms with Crippen LogP contribution in [0.25, 0.3) is 0 Å². The molecule has 1 aliphatic carbocycles. The first kappa shape index (κ1) is 12.0. The average molecular weight is 215 g/mol. The van der Waals surface area contributed by atoms with Gasteiger partial charge in [-0.3, -0.25) is 4.79 Å². The van der Waals surface area contributed by atoms with Crippen molar-refractivity contribution in [2.24, 2.45) is 0 Å². The summed E-state index contributed by atoms with van der Waals surface area (Å²) in [4.78, 5) is 22.7. The van der Waals surface area contributed by atoms with E-state index in [4.69, 9.17) is 4.74 Å². The standard InChI is InChI=1S/C10H17NO4/c1-7(12)11-10(9(14)15-2)5-3-8(13)4-6-10/h8,13H,3-6H2,1-2H3,(H,11,12). The number of hydrogen-bond donors (Lipinski definition) is 2. The predicted octanol–water partition coefficient (Wildman–Crippen LogP) is -0.0308. The minimum atomic E-state index is -0.931. The number of methoxy groups -OCH3 is 1. The number of nitrogens with one attached hydrogen (secondary N) is 1. The zero-order valence-electron chi connectivity index (χ0n) is 9.08. The van der Waals surface area contributed by atoms with Crippen LogP contribution in [-0.2, 0) is 14.3 Å². The van der Waals surface area contributed by atoms with Crippen molar-refractivity contribution in [1.82, 2.24) is 5.32 Å². The molecule has 0 spiro atoms. The SMILES string of the molecule is COC(=O)C1(NC(C)=O)CCC(O)CC1. The van der Waals surface area contributed by atoms with Gasteiger partial charge in [0.25, 0.3) is 0 Å². The summed E-state index contributed by atoms with van der Waals surface area (Å²) in [5, 5.41) is 12.0. The van der Waals surface area contributed by atoms with Crippen LogP contribution < -0.4 is 5.32 Å². The molecule has 2 N–H and O–H groups in total. The molecule has 0 aliphatic heterocycles. The Morgan fingerprint density at radius 3 is 2.33 bits per heavy atom. The van der Waals surface area contributed by atoms with Crippen molar-refractivity contribution < 1.29 is 19.4 Å². The highest BCUT2D eigenvalue weighted by Gasteiger charge is 2.43. The number of aliphatic hydroxyl groups excluding tert-OH is 1. The Balaban J connectivity index is 2.77. The van der Waals surface area contributed by atoms with Crippen molar-refractivity contribution in [3.05, 3.63) is 0 Å². The van der Waals surface area contributed by atoms with Crippen LogP contribution in [0.2, 0.25) is 0 Å². The molecule has 0 radical (unpaired) electrons. The first-order valence-corrected chi connectivity index (χ1v) is 5.05. The van der Waals surface area contributed by atoms with Crippen LogP contribution >= 0.6 is 0 Å². The van der Waals surface area contributed by atoms with E-state index in [1.807, 2.05) is 0 Å². The fraction of sp³-hybridized carbons (Fsp3) is 0.800. The molecule has 0 unspecified atom stereocenters. The van der Waals surface area contributed by atoms with Crippen molar-refractivity contribution in [2.75, 3.05) is 7.11 Å². The smallest absolute Gasteiger partial charge is 0.331 e. The number of esters is 1. The van der Waals surface area contributed by atoms with Crippen LogP contribution in [0.4, 0.5) is 0 Å². The van der Waals surface area contributed by atoms with Crippen LogP contribution in [0, 0.1) is 0 Å². The minimum absolute atomic E-state index is 0.253. The molecular weight excluding hydrogens is 198 g/mol. The van der Waals surface area contributed by atoms with E-state index in [1.165, 1.54) is 14.0 Å². The molecule has 0 aromatic rings. The second-order valence-corrected chi connectivity index (χ2v) is 3.99. The maximum absolute atomic E-state index is 11.6. The molecular formula is C10H17NO4. The lowest BCUT2D eigenvalue weighted by Gasteiger charge is -2.36. The third-order valence-electron chi connectivity index (χ3n) is 2.80. The Kier molecular flexibility index (Phi) is 3.68. The number of ether oxygens (including phenoxy) is 1. The van der Waals surface area contributed by atoms with Crippen LogP contribution in [0.15, 0.2) is 0 Å². The van der Waals surface area contributed by atoms with Gasteiger partial charge in [0.2, 0.25) is 5.91 Å². The minimum Gasteiger partial charge on any atom is -0.467 e. The summed E-state index contributed by atoms with van der Waals surface area (Å²) in [7, 11) is 1.30. The number of hydrogen-bond acceptors (Lipinski definition) is 4. The fourth-order valence-corrected chi connectivity index (χ4v) is 2.01. The second-order valence-electron chi connectivity index (χ2n) is 3.99. The van der Waals surface area contributed by atoms with Crippen LogP contribution in [0.5, 0.6) is 0 Å². The van der Waals surface area contributed by atoms with Crippen LogP contribution in [-0.4, -0.2) is 35.7 Å². The molecule has 1 saturated carbocycles. The average Bonchev–Trinajstić information content (AvgIpc) is 2.20. The molecule has 0 aromatic heterocycles. The normalized spacial score (nSPS) is 30.7. The summed E-state index contributed by atoms with van der Waals surface area (Å²) >= 11 is 0. The van der Waals surface area contributed by atoms with Gasteiger partial charge < -0.3 is 15.2 Å². The van der Waals surface area contributed by atoms with E-state index < -0.39 is 11.5 Å². The first-order chi connectivity index (χ1) is 7.00. The van der Waals surface area contributed by atoms with E-state index in [1.54, 1.807) is 0 Å². The highest BCUT2D eigenvalue weighted by Crippen LogP contribution is 2.29. The molecule has 0 saturated heterocycles. The van der Waals surface area contributed by atoms with Gasteiger partial charge in [-0.15, -0.1) is 0 Å². The van der Waals surface area contributed by atoms with Crippen molar-refractivity contribution in [1.29, 1.82) is 0 Å². The topological polar surface area (TPSA) is 75.6 Å². The van der Waals surface area contributed by atoms with E-state index >= 15 is 0 Å². The number of carbonyl (C=O) groups is 2. The van der Waals surface area contributed by atoms with E-state index in [-0.39, 0.29) is 12.0 Å². The molecule has 1 rings (SSSR count). The quantitative estimate of drug-likeness (QED) is 0.634. The predicted molar refractivity (Wildman–Crippen MR) is 53.0 cm³/mol. The highest BCUT2D eigenvalue weighted by atomic mass is 16.5. The van der Waals surface area contributed by atoms with Crippen LogP contribution in [0.1, 0.15) is 32.6 Å². The lowest BCUT2D eigenvalue weighted by atomic mass is 9.80. The molecule has 1 fully saturated rings. The number of carbonyl (C=O) groups excluding carboxylic acids is 2. The van der Waals surface area contributed by atoms with Gasteiger partial charge in [-0.25, -0.2) is 4.79 Å². The molecule has 5 nitrogen and oxygen atoms in total. The van der Waals surface area contributed by atoms with Crippen LogP contribution in [0.3, 0.4) is 0 Å². The zero-order chi connectivity index (χ0) is 11.5. The summed E-state index contributed by atoms with van der Waals surface area (Å²) < 4.78 is 4.69. The monoisotopic (exact) mass is 215 g/mol. The van der Waals surface area contributed by atoms with Gasteiger partial charge in [-0.2, -0.15) is 0 Å². The van der Waals surface area contributed by atoms with Crippen molar-refractivity contribution in [3.8, 4) is 0 Å². The van der Waals surface area contributed by atoms with Gasteiger partial charge >= 0.3 is 5.97 Å². The van der Waals surface area contributed by atoms with Crippen molar-refractivity contribution >= 4 is 11.9 Å². The summed E-state index contributed by atoms with van der Waals surface area (Å²) in [5.74, 6) is -0.679. The Bertz CT molecular complexity index is 256. The first-order valence-electron chi connectivity index (χ1n) is 5.05. The van der Waals surface area contributed by atoms with E-state index in [0.717, 1.165) is 0 Å². The lowest BCUT2D eigenvalue weighted by molar-refractivity contribution is -0.153. The largest absolute Gasteiger partial charge is 0.467 e. The van der Waals surface area contributed by atoms with E-state index in [9.17, 15) is 14.7 Å². The molecule has 0 aromatic carbocycles.